The largest absolute Gasteiger partial charge is 0.354 e. The minimum Gasteiger partial charge on any atom is -0.354 e. The fraction of sp³-hybridized carbons (Fsp3) is 0.688. The predicted molar refractivity (Wildman–Crippen MR) is 84.1 cm³/mol. The lowest BCUT2D eigenvalue weighted by Gasteiger charge is -2.34. The van der Waals surface area contributed by atoms with Gasteiger partial charge in [0.05, 0.1) is 5.69 Å². The molecule has 114 valence electrons. The van der Waals surface area contributed by atoms with Crippen molar-refractivity contribution in [2.24, 2.45) is 11.7 Å². The maximum atomic E-state index is 9.59. The van der Waals surface area contributed by atoms with Gasteiger partial charge in [0, 0.05) is 13.1 Å². The van der Waals surface area contributed by atoms with Crippen molar-refractivity contribution in [3.8, 4) is 6.07 Å². The predicted octanol–water partition coefficient (Wildman–Crippen LogP) is 2.04. The van der Waals surface area contributed by atoms with E-state index in [1.165, 1.54) is 6.42 Å². The van der Waals surface area contributed by atoms with Crippen LogP contribution in [0.15, 0.2) is 0 Å². The molecule has 1 aromatic heterocycles. The highest BCUT2D eigenvalue weighted by Gasteiger charge is 2.24. The van der Waals surface area contributed by atoms with E-state index in [9.17, 15) is 5.26 Å². The second kappa shape index (κ2) is 7.37. The minimum absolute atomic E-state index is 0.605. The topological polar surface area (TPSA) is 78.8 Å². The van der Waals surface area contributed by atoms with Crippen LogP contribution >= 0.6 is 0 Å². The Morgan fingerprint density at radius 3 is 2.76 bits per heavy atom. The van der Waals surface area contributed by atoms with E-state index in [0.29, 0.717) is 5.92 Å². The Kier molecular flexibility index (Phi) is 5.51. The molecule has 0 aliphatic carbocycles. The molecule has 1 saturated heterocycles. The molecular weight excluding hydrogens is 262 g/mol. The van der Waals surface area contributed by atoms with Gasteiger partial charge in [-0.3, -0.25) is 0 Å². The molecule has 0 bridgehead atoms. The summed E-state index contributed by atoms with van der Waals surface area (Å²) in [6.45, 7) is 6.76. The van der Waals surface area contributed by atoms with Gasteiger partial charge in [-0.1, -0.05) is 13.8 Å². The maximum Gasteiger partial charge on any atom is 0.169 e. The average Bonchev–Trinajstić information content (AvgIpc) is 2.53. The summed E-state index contributed by atoms with van der Waals surface area (Å²) >= 11 is 0. The minimum atomic E-state index is 0.605. The van der Waals surface area contributed by atoms with Gasteiger partial charge in [0.15, 0.2) is 5.82 Å². The number of piperidine rings is 1. The molecule has 1 aromatic rings. The van der Waals surface area contributed by atoms with Gasteiger partial charge in [0.2, 0.25) is 0 Å². The monoisotopic (exact) mass is 287 g/mol. The van der Waals surface area contributed by atoms with E-state index in [1.54, 1.807) is 0 Å². The van der Waals surface area contributed by atoms with Crippen LogP contribution in [-0.4, -0.2) is 29.8 Å². The third-order valence-electron chi connectivity index (χ3n) is 4.33. The van der Waals surface area contributed by atoms with E-state index in [-0.39, 0.29) is 0 Å². The molecule has 5 nitrogen and oxygen atoms in total. The van der Waals surface area contributed by atoms with Crippen molar-refractivity contribution in [1.82, 2.24) is 10.2 Å². The van der Waals surface area contributed by atoms with Gasteiger partial charge in [-0.15, -0.1) is 5.10 Å². The van der Waals surface area contributed by atoms with Crippen LogP contribution in [-0.2, 0) is 12.8 Å². The zero-order valence-electron chi connectivity index (χ0n) is 13.1. The highest BCUT2D eigenvalue weighted by Crippen LogP contribution is 2.28. The van der Waals surface area contributed by atoms with Crippen LogP contribution in [0.1, 0.15) is 49.9 Å². The van der Waals surface area contributed by atoms with Gasteiger partial charge in [-0.2, -0.15) is 10.4 Å². The van der Waals surface area contributed by atoms with Crippen LogP contribution in [0, 0.1) is 17.2 Å². The molecule has 21 heavy (non-hydrogen) atoms. The van der Waals surface area contributed by atoms with Crippen molar-refractivity contribution < 1.29 is 0 Å². The van der Waals surface area contributed by atoms with Gasteiger partial charge in [0.1, 0.15) is 11.6 Å². The number of rotatable bonds is 5. The Morgan fingerprint density at radius 2 is 2.14 bits per heavy atom. The summed E-state index contributed by atoms with van der Waals surface area (Å²) < 4.78 is 0. The zero-order valence-corrected chi connectivity index (χ0v) is 13.1. The number of nitrogens with zero attached hydrogens (tertiary/aromatic N) is 4. The van der Waals surface area contributed by atoms with Crippen molar-refractivity contribution in [2.75, 3.05) is 24.5 Å². The first-order valence-electron chi connectivity index (χ1n) is 7.98. The second-order valence-corrected chi connectivity index (χ2v) is 5.67. The Morgan fingerprint density at radius 1 is 1.33 bits per heavy atom. The fourth-order valence-corrected chi connectivity index (χ4v) is 3.23. The molecule has 1 aliphatic rings. The smallest absolute Gasteiger partial charge is 0.169 e. The van der Waals surface area contributed by atoms with E-state index >= 15 is 0 Å². The van der Waals surface area contributed by atoms with Crippen LogP contribution in [0.4, 0.5) is 5.82 Å². The lowest BCUT2D eigenvalue weighted by molar-refractivity contribution is 0.393. The first kappa shape index (κ1) is 15.7. The molecule has 0 spiro atoms. The molecule has 1 fully saturated rings. The quantitative estimate of drug-likeness (QED) is 0.896. The number of hydrogen-bond acceptors (Lipinski definition) is 5. The molecular formula is C16H25N5. The van der Waals surface area contributed by atoms with E-state index in [2.05, 4.69) is 35.0 Å². The molecule has 0 aromatic carbocycles. The second-order valence-electron chi connectivity index (χ2n) is 5.67. The van der Waals surface area contributed by atoms with Crippen LogP contribution in [0.5, 0.6) is 0 Å². The number of nitriles is 1. The van der Waals surface area contributed by atoms with Crippen LogP contribution < -0.4 is 10.6 Å². The molecule has 2 N–H and O–H groups in total. The van der Waals surface area contributed by atoms with Gasteiger partial charge < -0.3 is 10.6 Å². The molecule has 0 amide bonds. The SMILES string of the molecule is CCc1nnc(N2CCCC(CCN)C2)c(C#N)c1CC. The zero-order chi connectivity index (χ0) is 15.2. The van der Waals surface area contributed by atoms with Crippen molar-refractivity contribution in [3.05, 3.63) is 16.8 Å². The lowest BCUT2D eigenvalue weighted by Crippen LogP contribution is -2.37. The summed E-state index contributed by atoms with van der Waals surface area (Å²) in [5.41, 5.74) is 8.42. The highest BCUT2D eigenvalue weighted by atomic mass is 15.3. The van der Waals surface area contributed by atoms with Gasteiger partial charge >= 0.3 is 0 Å². The Bertz CT molecular complexity index is 518. The van der Waals surface area contributed by atoms with Crippen molar-refractivity contribution >= 4 is 5.82 Å². The fourth-order valence-electron chi connectivity index (χ4n) is 3.23. The summed E-state index contributed by atoms with van der Waals surface area (Å²) in [6.07, 6.45) is 5.04. The molecule has 0 radical (unpaired) electrons. The maximum absolute atomic E-state index is 9.59. The van der Waals surface area contributed by atoms with Crippen molar-refractivity contribution in [3.63, 3.8) is 0 Å². The number of aryl methyl sites for hydroxylation is 1. The summed E-state index contributed by atoms with van der Waals surface area (Å²) in [5, 5.41) is 18.3. The molecule has 2 rings (SSSR count). The average molecular weight is 287 g/mol. The first-order valence-corrected chi connectivity index (χ1v) is 7.98. The van der Waals surface area contributed by atoms with Crippen molar-refractivity contribution in [2.45, 2.75) is 46.0 Å². The third-order valence-corrected chi connectivity index (χ3v) is 4.33. The number of anilines is 1. The number of hydrogen-bond donors (Lipinski definition) is 1. The lowest BCUT2D eigenvalue weighted by atomic mass is 9.94. The molecule has 1 unspecified atom stereocenters. The van der Waals surface area contributed by atoms with Gasteiger partial charge in [-0.25, -0.2) is 0 Å². The molecule has 5 heteroatoms. The molecule has 2 heterocycles. The van der Waals surface area contributed by atoms with E-state index < -0.39 is 0 Å². The summed E-state index contributed by atoms with van der Waals surface area (Å²) in [6, 6.07) is 2.37. The number of nitrogens with two attached hydrogens (primary N) is 1. The Labute approximate surface area is 127 Å². The first-order chi connectivity index (χ1) is 10.2. The summed E-state index contributed by atoms with van der Waals surface area (Å²) in [7, 11) is 0. The molecule has 1 aliphatic heterocycles. The van der Waals surface area contributed by atoms with E-state index in [1.807, 2.05) is 0 Å². The Balaban J connectivity index is 2.33. The molecule has 1 atom stereocenters. The normalized spacial score (nSPS) is 18.6. The van der Waals surface area contributed by atoms with Gasteiger partial charge in [-0.05, 0) is 50.1 Å². The molecule has 0 saturated carbocycles. The third kappa shape index (κ3) is 3.33. The highest BCUT2D eigenvalue weighted by molar-refractivity contribution is 5.58. The summed E-state index contributed by atoms with van der Waals surface area (Å²) in [5.74, 6) is 1.38. The van der Waals surface area contributed by atoms with E-state index in [0.717, 1.165) is 68.0 Å². The number of aromatic nitrogens is 2. The van der Waals surface area contributed by atoms with Crippen LogP contribution in [0.25, 0.3) is 0 Å². The van der Waals surface area contributed by atoms with Crippen LogP contribution in [0.2, 0.25) is 0 Å². The van der Waals surface area contributed by atoms with Crippen molar-refractivity contribution in [1.29, 1.82) is 5.26 Å². The summed E-state index contributed by atoms with van der Waals surface area (Å²) in [4.78, 5) is 2.23. The standard InChI is InChI=1S/C16H25N5/c1-3-13-14(10-18)16(20-19-15(13)4-2)21-9-5-6-12(11-21)7-8-17/h12H,3-9,11,17H2,1-2H3. The van der Waals surface area contributed by atoms with Gasteiger partial charge in [0.25, 0.3) is 0 Å². The van der Waals surface area contributed by atoms with Crippen LogP contribution in [0.3, 0.4) is 0 Å². The van der Waals surface area contributed by atoms with E-state index in [4.69, 9.17) is 5.73 Å². The Hall–Kier alpha value is -1.67.